The quantitative estimate of drug-likeness (QED) is 0.425. The summed E-state index contributed by atoms with van der Waals surface area (Å²) in [4.78, 5) is 24.1. The number of amides is 2. The zero-order valence-electron chi connectivity index (χ0n) is 13.5. The Hall–Kier alpha value is -2.12. The minimum absolute atomic E-state index is 0.0377. The first kappa shape index (κ1) is 19.6. The Morgan fingerprint density at radius 2 is 1.67 bits per heavy atom. The zero-order valence-corrected chi connectivity index (χ0v) is 16.6. The molecule has 27 heavy (non-hydrogen) atoms. The van der Waals surface area contributed by atoms with Crippen molar-refractivity contribution in [3.05, 3.63) is 68.2 Å². The molecule has 138 valence electrons. The Morgan fingerprint density at radius 1 is 0.963 bits per heavy atom. The van der Waals surface area contributed by atoms with Crippen molar-refractivity contribution < 1.29 is 14.3 Å². The van der Waals surface area contributed by atoms with Crippen molar-refractivity contribution in [2.24, 2.45) is 0 Å². The van der Waals surface area contributed by atoms with Crippen molar-refractivity contribution >= 4 is 70.0 Å². The van der Waals surface area contributed by atoms with Crippen LogP contribution in [0.4, 0.5) is 0 Å². The number of thiocarbonyl (C=S) groups is 1. The summed E-state index contributed by atoms with van der Waals surface area (Å²) in [5.41, 5.74) is 1.16. The van der Waals surface area contributed by atoms with Crippen LogP contribution in [-0.4, -0.2) is 16.9 Å². The van der Waals surface area contributed by atoms with Crippen LogP contribution in [0.1, 0.15) is 11.1 Å². The maximum absolute atomic E-state index is 12.0. The van der Waals surface area contributed by atoms with Gasteiger partial charge < -0.3 is 4.74 Å². The summed E-state index contributed by atoms with van der Waals surface area (Å²) >= 11 is 22.7. The summed E-state index contributed by atoms with van der Waals surface area (Å²) in [7, 11) is 0. The Balaban J connectivity index is 1.88. The van der Waals surface area contributed by atoms with Gasteiger partial charge in [-0.1, -0.05) is 40.9 Å². The molecule has 3 rings (SSSR count). The lowest BCUT2D eigenvalue weighted by Gasteiger charge is -2.17. The maximum Gasteiger partial charge on any atom is 0.263 e. The molecule has 1 aliphatic heterocycles. The highest BCUT2D eigenvalue weighted by molar-refractivity contribution is 7.80. The fourth-order valence-corrected chi connectivity index (χ4v) is 3.00. The molecule has 0 aromatic heterocycles. The number of benzene rings is 2. The van der Waals surface area contributed by atoms with Gasteiger partial charge in [-0.2, -0.15) is 0 Å². The van der Waals surface area contributed by atoms with Crippen LogP contribution < -0.4 is 15.4 Å². The van der Waals surface area contributed by atoms with E-state index in [1.807, 2.05) is 0 Å². The Labute approximate surface area is 175 Å². The first-order valence-electron chi connectivity index (χ1n) is 7.58. The molecule has 1 fully saturated rings. The first-order valence-corrected chi connectivity index (χ1v) is 9.12. The van der Waals surface area contributed by atoms with Gasteiger partial charge in [0.05, 0.1) is 10.0 Å². The van der Waals surface area contributed by atoms with Gasteiger partial charge in [0, 0.05) is 10.6 Å². The Kier molecular flexibility index (Phi) is 6.01. The number of hydrogen-bond acceptors (Lipinski definition) is 4. The minimum atomic E-state index is -0.598. The van der Waals surface area contributed by atoms with Gasteiger partial charge in [0.25, 0.3) is 11.8 Å². The van der Waals surface area contributed by atoms with Crippen molar-refractivity contribution in [2.45, 2.75) is 6.61 Å². The van der Waals surface area contributed by atoms with Crippen LogP contribution in [0, 0.1) is 0 Å². The SMILES string of the molecule is O=C1NC(=S)NC(=O)C1=Cc1cc(Cl)ccc1OCc1ccc(Cl)c(Cl)c1. The molecule has 0 atom stereocenters. The van der Waals surface area contributed by atoms with E-state index in [0.29, 0.717) is 26.4 Å². The van der Waals surface area contributed by atoms with E-state index in [1.165, 1.54) is 6.08 Å². The zero-order chi connectivity index (χ0) is 19.6. The number of nitrogens with one attached hydrogen (secondary N) is 2. The minimum Gasteiger partial charge on any atom is -0.488 e. The molecule has 0 bridgehead atoms. The molecule has 2 N–H and O–H groups in total. The van der Waals surface area contributed by atoms with Crippen LogP contribution in [0.5, 0.6) is 5.75 Å². The van der Waals surface area contributed by atoms with E-state index in [1.54, 1.807) is 36.4 Å². The molecule has 2 amide bonds. The van der Waals surface area contributed by atoms with E-state index >= 15 is 0 Å². The van der Waals surface area contributed by atoms with Crippen molar-refractivity contribution in [1.29, 1.82) is 0 Å². The van der Waals surface area contributed by atoms with Gasteiger partial charge in [-0.15, -0.1) is 0 Å². The predicted molar refractivity (Wildman–Crippen MR) is 109 cm³/mol. The maximum atomic E-state index is 12.0. The summed E-state index contributed by atoms with van der Waals surface area (Å²) in [6, 6.07) is 10.0. The van der Waals surface area contributed by atoms with E-state index in [2.05, 4.69) is 10.6 Å². The number of ether oxygens (including phenoxy) is 1. The lowest BCUT2D eigenvalue weighted by atomic mass is 10.1. The second-order valence-corrected chi connectivity index (χ2v) is 7.17. The van der Waals surface area contributed by atoms with Crippen molar-refractivity contribution in [2.75, 3.05) is 0 Å². The fraction of sp³-hybridized carbons (Fsp3) is 0.0556. The van der Waals surface area contributed by atoms with Crippen LogP contribution in [-0.2, 0) is 16.2 Å². The van der Waals surface area contributed by atoms with Gasteiger partial charge in [0.15, 0.2) is 5.11 Å². The topological polar surface area (TPSA) is 67.4 Å². The number of halogens is 3. The molecule has 2 aromatic carbocycles. The third kappa shape index (κ3) is 4.78. The molecule has 0 spiro atoms. The van der Waals surface area contributed by atoms with E-state index in [9.17, 15) is 9.59 Å². The molecule has 9 heteroatoms. The van der Waals surface area contributed by atoms with Crippen LogP contribution in [0.15, 0.2) is 42.0 Å². The molecule has 0 aliphatic carbocycles. The molecule has 1 saturated heterocycles. The van der Waals surface area contributed by atoms with Gasteiger partial charge >= 0.3 is 0 Å². The normalized spacial score (nSPS) is 13.9. The molecule has 0 radical (unpaired) electrons. The van der Waals surface area contributed by atoms with E-state index < -0.39 is 11.8 Å². The third-order valence-corrected chi connectivity index (χ3v) is 4.77. The highest BCUT2D eigenvalue weighted by atomic mass is 35.5. The number of hydrogen-bond donors (Lipinski definition) is 2. The van der Waals surface area contributed by atoms with Crippen molar-refractivity contribution in [1.82, 2.24) is 10.6 Å². The van der Waals surface area contributed by atoms with E-state index in [-0.39, 0.29) is 17.3 Å². The predicted octanol–water partition coefficient (Wildman–Crippen LogP) is 4.14. The lowest BCUT2D eigenvalue weighted by Crippen LogP contribution is -2.51. The van der Waals surface area contributed by atoms with Gasteiger partial charge in [-0.25, -0.2) is 0 Å². The van der Waals surface area contributed by atoms with Crippen LogP contribution >= 0.6 is 47.0 Å². The fourth-order valence-electron chi connectivity index (χ4n) is 2.32. The number of carbonyl (C=O) groups is 2. The highest BCUT2D eigenvalue weighted by Gasteiger charge is 2.26. The van der Waals surface area contributed by atoms with Gasteiger partial charge in [-0.05, 0) is 54.2 Å². The van der Waals surface area contributed by atoms with Crippen LogP contribution in [0.2, 0.25) is 15.1 Å². The lowest BCUT2D eigenvalue weighted by molar-refractivity contribution is -0.123. The summed E-state index contributed by atoms with van der Waals surface area (Å²) in [6.45, 7) is 0.206. The largest absolute Gasteiger partial charge is 0.488 e. The monoisotopic (exact) mass is 440 g/mol. The second-order valence-electron chi connectivity index (χ2n) is 5.51. The molecule has 1 heterocycles. The molecule has 2 aromatic rings. The van der Waals surface area contributed by atoms with Gasteiger partial charge in [0.1, 0.15) is 17.9 Å². The Morgan fingerprint density at radius 3 is 2.33 bits per heavy atom. The smallest absolute Gasteiger partial charge is 0.263 e. The molecule has 5 nitrogen and oxygen atoms in total. The van der Waals surface area contributed by atoms with Gasteiger partial charge in [0.2, 0.25) is 0 Å². The van der Waals surface area contributed by atoms with Crippen LogP contribution in [0.25, 0.3) is 6.08 Å². The third-order valence-electron chi connectivity index (χ3n) is 3.59. The van der Waals surface area contributed by atoms with Crippen molar-refractivity contribution in [3.63, 3.8) is 0 Å². The average Bonchev–Trinajstić information content (AvgIpc) is 2.60. The molecular weight excluding hydrogens is 431 g/mol. The van der Waals surface area contributed by atoms with Crippen molar-refractivity contribution in [3.8, 4) is 5.75 Å². The number of carbonyl (C=O) groups excluding carboxylic acids is 2. The van der Waals surface area contributed by atoms with E-state index in [4.69, 9.17) is 51.8 Å². The average molecular weight is 442 g/mol. The summed E-state index contributed by atoms with van der Waals surface area (Å²) in [5.74, 6) is -0.759. The summed E-state index contributed by atoms with van der Waals surface area (Å²) in [5, 5.41) is 6.01. The number of rotatable bonds is 4. The molecule has 0 unspecified atom stereocenters. The second kappa shape index (κ2) is 8.27. The van der Waals surface area contributed by atoms with Crippen LogP contribution in [0.3, 0.4) is 0 Å². The first-order chi connectivity index (χ1) is 12.8. The summed E-state index contributed by atoms with van der Waals surface area (Å²) in [6.07, 6.45) is 1.39. The van der Waals surface area contributed by atoms with E-state index in [0.717, 1.165) is 5.56 Å². The molecular formula is C18H11Cl3N2O3S. The highest BCUT2D eigenvalue weighted by Crippen LogP contribution is 2.28. The standard InChI is InChI=1S/C18H11Cl3N2O3S/c19-11-2-4-15(26-8-9-1-3-13(20)14(21)5-9)10(6-11)7-12-16(24)22-18(27)23-17(12)25/h1-7H,8H2,(H2,22,23,24,25,27). The molecule has 1 aliphatic rings. The Bertz CT molecular complexity index is 970. The molecule has 0 saturated carbocycles. The summed E-state index contributed by atoms with van der Waals surface area (Å²) < 4.78 is 5.81. The van der Waals surface area contributed by atoms with Gasteiger partial charge in [-0.3, -0.25) is 20.2 Å².